The molecule has 2 aromatic heterocycles. The molecule has 2 aromatic rings. The van der Waals surface area contributed by atoms with E-state index in [9.17, 15) is 0 Å². The van der Waals surface area contributed by atoms with Crippen LogP contribution in [0.5, 0.6) is 0 Å². The van der Waals surface area contributed by atoms with Gasteiger partial charge >= 0.3 is 0 Å². The molecular formula is C14H20N6. The molecule has 3 rings (SSSR count). The van der Waals surface area contributed by atoms with Gasteiger partial charge in [0, 0.05) is 44.8 Å². The van der Waals surface area contributed by atoms with E-state index in [4.69, 9.17) is 0 Å². The van der Waals surface area contributed by atoms with Crippen molar-refractivity contribution in [1.82, 2.24) is 24.8 Å². The quantitative estimate of drug-likeness (QED) is 0.908. The standard InChI is InChI=1S/C14H20N6/c1-11-9-17-12(2)14(18-11)20-7-5-19(6-8-20)10-13-15-3-4-16-13/h3-4,9H,5-8,10H2,1-2H3,(H,15,16). The molecule has 0 spiro atoms. The van der Waals surface area contributed by atoms with Gasteiger partial charge in [0.1, 0.15) is 11.6 Å². The van der Waals surface area contributed by atoms with Gasteiger partial charge in [-0.3, -0.25) is 9.88 Å². The van der Waals surface area contributed by atoms with E-state index in [1.54, 1.807) is 6.20 Å². The molecule has 1 aliphatic heterocycles. The van der Waals surface area contributed by atoms with Gasteiger partial charge in [-0.1, -0.05) is 0 Å². The fourth-order valence-electron chi connectivity index (χ4n) is 2.54. The van der Waals surface area contributed by atoms with Crippen LogP contribution in [0.1, 0.15) is 17.2 Å². The van der Waals surface area contributed by atoms with Crippen molar-refractivity contribution < 1.29 is 0 Å². The average Bonchev–Trinajstić information content (AvgIpc) is 2.95. The number of H-pyrrole nitrogens is 1. The third-order valence-corrected chi connectivity index (χ3v) is 3.65. The zero-order chi connectivity index (χ0) is 13.9. The molecule has 20 heavy (non-hydrogen) atoms. The highest BCUT2D eigenvalue weighted by atomic mass is 15.3. The lowest BCUT2D eigenvalue weighted by molar-refractivity contribution is 0.244. The smallest absolute Gasteiger partial charge is 0.150 e. The first-order chi connectivity index (χ1) is 9.72. The van der Waals surface area contributed by atoms with E-state index in [2.05, 4.69) is 29.7 Å². The van der Waals surface area contributed by atoms with Crippen LogP contribution in [0, 0.1) is 13.8 Å². The van der Waals surface area contributed by atoms with Crippen LogP contribution >= 0.6 is 0 Å². The summed E-state index contributed by atoms with van der Waals surface area (Å²) in [5.41, 5.74) is 1.98. The number of imidazole rings is 1. The van der Waals surface area contributed by atoms with Gasteiger partial charge in [-0.05, 0) is 13.8 Å². The third-order valence-electron chi connectivity index (χ3n) is 3.65. The van der Waals surface area contributed by atoms with Gasteiger partial charge in [-0.2, -0.15) is 0 Å². The number of nitrogens with zero attached hydrogens (tertiary/aromatic N) is 5. The van der Waals surface area contributed by atoms with E-state index >= 15 is 0 Å². The van der Waals surface area contributed by atoms with Gasteiger partial charge in [0.2, 0.25) is 0 Å². The molecule has 6 nitrogen and oxygen atoms in total. The van der Waals surface area contributed by atoms with E-state index in [0.717, 1.165) is 55.8 Å². The highest BCUT2D eigenvalue weighted by Gasteiger charge is 2.20. The highest BCUT2D eigenvalue weighted by Crippen LogP contribution is 2.17. The Hall–Kier alpha value is -1.95. The number of nitrogens with one attached hydrogen (secondary N) is 1. The Morgan fingerprint density at radius 1 is 1.15 bits per heavy atom. The van der Waals surface area contributed by atoms with E-state index in [-0.39, 0.29) is 0 Å². The Morgan fingerprint density at radius 2 is 1.95 bits per heavy atom. The second-order valence-electron chi connectivity index (χ2n) is 5.22. The predicted octanol–water partition coefficient (Wildman–Crippen LogP) is 1.14. The lowest BCUT2D eigenvalue weighted by Gasteiger charge is -2.35. The summed E-state index contributed by atoms with van der Waals surface area (Å²) in [6.45, 7) is 8.92. The molecule has 0 radical (unpaired) electrons. The largest absolute Gasteiger partial charge is 0.353 e. The van der Waals surface area contributed by atoms with Crippen molar-refractivity contribution in [3.05, 3.63) is 35.8 Å². The number of hydrogen-bond acceptors (Lipinski definition) is 5. The molecule has 0 unspecified atom stereocenters. The second-order valence-corrected chi connectivity index (χ2v) is 5.22. The van der Waals surface area contributed by atoms with Crippen LogP contribution in [-0.2, 0) is 6.54 Å². The maximum Gasteiger partial charge on any atom is 0.150 e. The zero-order valence-electron chi connectivity index (χ0n) is 12.0. The van der Waals surface area contributed by atoms with Crippen LogP contribution in [0.25, 0.3) is 0 Å². The van der Waals surface area contributed by atoms with Crippen molar-refractivity contribution in [2.45, 2.75) is 20.4 Å². The van der Waals surface area contributed by atoms with Crippen molar-refractivity contribution in [3.63, 3.8) is 0 Å². The first kappa shape index (κ1) is 13.1. The van der Waals surface area contributed by atoms with Gasteiger partial charge in [0.25, 0.3) is 0 Å². The minimum Gasteiger partial charge on any atom is -0.353 e. The Balaban J connectivity index is 1.62. The first-order valence-corrected chi connectivity index (χ1v) is 6.98. The molecule has 106 valence electrons. The number of aryl methyl sites for hydroxylation is 2. The summed E-state index contributed by atoms with van der Waals surface area (Å²) in [6.07, 6.45) is 5.50. The highest BCUT2D eigenvalue weighted by molar-refractivity contribution is 5.43. The minimum absolute atomic E-state index is 0.888. The normalized spacial score (nSPS) is 16.6. The summed E-state index contributed by atoms with van der Waals surface area (Å²) in [5, 5.41) is 0. The summed E-state index contributed by atoms with van der Waals surface area (Å²) in [4.78, 5) is 21.2. The summed E-state index contributed by atoms with van der Waals surface area (Å²) in [7, 11) is 0. The third kappa shape index (κ3) is 2.80. The number of anilines is 1. The molecule has 1 N–H and O–H groups in total. The molecule has 0 bridgehead atoms. The molecule has 0 atom stereocenters. The monoisotopic (exact) mass is 272 g/mol. The van der Waals surface area contributed by atoms with Gasteiger partial charge in [0.05, 0.1) is 17.9 Å². The van der Waals surface area contributed by atoms with E-state index in [1.807, 2.05) is 26.2 Å². The molecule has 1 aliphatic rings. The van der Waals surface area contributed by atoms with Gasteiger partial charge in [-0.15, -0.1) is 0 Å². The molecule has 3 heterocycles. The van der Waals surface area contributed by atoms with Crippen LogP contribution in [0.3, 0.4) is 0 Å². The van der Waals surface area contributed by atoms with Crippen molar-refractivity contribution in [2.24, 2.45) is 0 Å². The number of aromatic nitrogens is 4. The molecule has 0 aromatic carbocycles. The first-order valence-electron chi connectivity index (χ1n) is 6.98. The summed E-state index contributed by atoms with van der Waals surface area (Å²) < 4.78 is 0. The lowest BCUT2D eigenvalue weighted by Crippen LogP contribution is -2.46. The van der Waals surface area contributed by atoms with Crippen LogP contribution in [0.2, 0.25) is 0 Å². The van der Waals surface area contributed by atoms with E-state index in [0.29, 0.717) is 0 Å². The van der Waals surface area contributed by atoms with Crippen molar-refractivity contribution in [2.75, 3.05) is 31.1 Å². The maximum atomic E-state index is 4.62. The number of rotatable bonds is 3. The fraction of sp³-hybridized carbons (Fsp3) is 0.500. The van der Waals surface area contributed by atoms with Crippen molar-refractivity contribution in [1.29, 1.82) is 0 Å². The summed E-state index contributed by atoms with van der Waals surface area (Å²) >= 11 is 0. The Kier molecular flexibility index (Phi) is 3.64. The number of hydrogen-bond donors (Lipinski definition) is 1. The van der Waals surface area contributed by atoms with Crippen molar-refractivity contribution >= 4 is 5.82 Å². The Bertz CT molecular complexity index is 557. The Labute approximate surface area is 118 Å². The van der Waals surface area contributed by atoms with Crippen molar-refractivity contribution in [3.8, 4) is 0 Å². The van der Waals surface area contributed by atoms with Gasteiger partial charge in [0.15, 0.2) is 0 Å². The zero-order valence-corrected chi connectivity index (χ0v) is 12.0. The molecule has 1 saturated heterocycles. The van der Waals surface area contributed by atoms with Crippen LogP contribution in [0.15, 0.2) is 18.6 Å². The molecule has 6 heteroatoms. The van der Waals surface area contributed by atoms with Crippen LogP contribution in [-0.4, -0.2) is 51.0 Å². The summed E-state index contributed by atoms with van der Waals surface area (Å²) in [6, 6.07) is 0. The number of piperazine rings is 1. The van der Waals surface area contributed by atoms with Crippen LogP contribution in [0.4, 0.5) is 5.82 Å². The van der Waals surface area contributed by atoms with E-state index in [1.165, 1.54) is 0 Å². The molecule has 0 aliphatic carbocycles. The Morgan fingerprint density at radius 3 is 2.65 bits per heavy atom. The van der Waals surface area contributed by atoms with E-state index < -0.39 is 0 Å². The summed E-state index contributed by atoms with van der Waals surface area (Å²) in [5.74, 6) is 2.06. The molecule has 1 fully saturated rings. The lowest BCUT2D eigenvalue weighted by atomic mass is 10.3. The average molecular weight is 272 g/mol. The minimum atomic E-state index is 0.888. The van der Waals surface area contributed by atoms with Gasteiger partial charge < -0.3 is 9.88 Å². The SMILES string of the molecule is Cc1cnc(C)c(N2CCN(Cc3ncc[nH]3)CC2)n1. The second kappa shape index (κ2) is 5.58. The topological polar surface area (TPSA) is 60.9 Å². The van der Waals surface area contributed by atoms with Gasteiger partial charge in [-0.25, -0.2) is 9.97 Å². The molecule has 0 saturated carbocycles. The van der Waals surface area contributed by atoms with Crippen LogP contribution < -0.4 is 4.90 Å². The fourth-order valence-corrected chi connectivity index (χ4v) is 2.54. The predicted molar refractivity (Wildman–Crippen MR) is 77.6 cm³/mol. The molecule has 0 amide bonds. The number of aromatic amines is 1. The maximum absolute atomic E-state index is 4.62. The molecular weight excluding hydrogens is 252 g/mol.